The van der Waals surface area contributed by atoms with Gasteiger partial charge in [0, 0.05) is 29.2 Å². The minimum Gasteiger partial charge on any atom is -0.505 e. The number of aliphatic hydroxyl groups excluding tert-OH is 2. The number of esters is 1. The fraction of sp³-hybridized carbons (Fsp3) is 0.125. The summed E-state index contributed by atoms with van der Waals surface area (Å²) in [6.07, 6.45) is 1.59. The van der Waals surface area contributed by atoms with Gasteiger partial charge in [-0.15, -0.1) is 11.3 Å². The number of anilines is 1. The molecule has 16 heteroatoms. The van der Waals surface area contributed by atoms with Crippen LogP contribution in [0.4, 0.5) is 5.13 Å². The SMILES string of the molecule is COC(=O)C1=C(O)c2ccccc2S(=O)(=O)N1.Cc1cnc(NC(=O)C2=C(O)c3ccccc3S(=O)(=O)N2C)s1. The van der Waals surface area contributed by atoms with Crippen LogP contribution in [0.5, 0.6) is 0 Å². The largest absolute Gasteiger partial charge is 0.505 e. The van der Waals surface area contributed by atoms with Gasteiger partial charge in [-0.1, -0.05) is 24.3 Å². The number of amides is 1. The molecule has 210 valence electrons. The number of hydrogen-bond acceptors (Lipinski definition) is 11. The highest BCUT2D eigenvalue weighted by molar-refractivity contribution is 7.90. The summed E-state index contributed by atoms with van der Waals surface area (Å²) in [6, 6.07) is 11.8. The molecule has 0 fully saturated rings. The molecule has 40 heavy (non-hydrogen) atoms. The van der Waals surface area contributed by atoms with Gasteiger partial charge in [0.1, 0.15) is 0 Å². The molecule has 2 aromatic carbocycles. The Morgan fingerprint density at radius 2 is 1.55 bits per heavy atom. The lowest BCUT2D eigenvalue weighted by atomic mass is 10.1. The normalized spacial score (nSPS) is 16.5. The molecule has 0 aliphatic carbocycles. The Kier molecular flexibility index (Phi) is 7.60. The first-order valence-corrected chi connectivity index (χ1v) is 14.9. The van der Waals surface area contributed by atoms with E-state index in [2.05, 4.69) is 15.0 Å². The van der Waals surface area contributed by atoms with Crippen LogP contribution in [0.25, 0.3) is 11.5 Å². The van der Waals surface area contributed by atoms with Crippen molar-refractivity contribution in [2.75, 3.05) is 19.5 Å². The summed E-state index contributed by atoms with van der Waals surface area (Å²) in [6.45, 7) is 1.83. The molecular weight excluding hydrogens is 584 g/mol. The molecule has 2 aliphatic rings. The maximum Gasteiger partial charge on any atom is 0.359 e. The third kappa shape index (κ3) is 5.11. The highest BCUT2D eigenvalue weighted by atomic mass is 32.2. The van der Waals surface area contributed by atoms with E-state index in [4.69, 9.17) is 0 Å². The van der Waals surface area contributed by atoms with E-state index in [0.29, 0.717) is 5.13 Å². The summed E-state index contributed by atoms with van der Waals surface area (Å²) >= 11 is 1.25. The third-order valence-electron chi connectivity index (χ3n) is 5.67. The van der Waals surface area contributed by atoms with Crippen LogP contribution >= 0.6 is 11.3 Å². The Labute approximate surface area is 233 Å². The predicted molar refractivity (Wildman–Crippen MR) is 145 cm³/mol. The summed E-state index contributed by atoms with van der Waals surface area (Å²) in [5.74, 6) is -2.51. The second-order valence-electron chi connectivity index (χ2n) is 8.21. The second-order valence-corrected chi connectivity index (χ2v) is 13.0. The number of thiazole rings is 1. The van der Waals surface area contributed by atoms with Crippen molar-refractivity contribution in [3.63, 3.8) is 0 Å². The number of carbonyl (C=O) groups excluding carboxylic acids is 2. The molecule has 0 saturated heterocycles. The van der Waals surface area contributed by atoms with Crippen molar-refractivity contribution in [3.8, 4) is 0 Å². The molecule has 1 amide bonds. The second kappa shape index (κ2) is 10.6. The average molecular weight is 607 g/mol. The quantitative estimate of drug-likeness (QED) is 0.322. The number of rotatable bonds is 3. The summed E-state index contributed by atoms with van der Waals surface area (Å²) in [5.41, 5.74) is -0.638. The number of nitrogens with zero attached hydrogens (tertiary/aromatic N) is 2. The van der Waals surface area contributed by atoms with Crippen LogP contribution in [0.1, 0.15) is 16.0 Å². The highest BCUT2D eigenvalue weighted by Gasteiger charge is 2.38. The van der Waals surface area contributed by atoms with Gasteiger partial charge in [0.15, 0.2) is 28.0 Å². The van der Waals surface area contributed by atoms with Gasteiger partial charge < -0.3 is 14.9 Å². The Hall–Kier alpha value is -4.41. The number of hydrogen-bond donors (Lipinski definition) is 4. The van der Waals surface area contributed by atoms with Crippen LogP contribution < -0.4 is 10.0 Å². The van der Waals surface area contributed by atoms with Gasteiger partial charge in [-0.25, -0.2) is 26.6 Å². The van der Waals surface area contributed by atoms with Crippen LogP contribution in [-0.2, 0) is 34.4 Å². The number of aromatic nitrogens is 1. The zero-order valence-electron chi connectivity index (χ0n) is 21.1. The Morgan fingerprint density at radius 1 is 0.975 bits per heavy atom. The van der Waals surface area contributed by atoms with Crippen molar-refractivity contribution in [2.45, 2.75) is 16.7 Å². The number of nitrogens with one attached hydrogen (secondary N) is 2. The lowest BCUT2D eigenvalue weighted by molar-refractivity contribution is -0.136. The van der Waals surface area contributed by atoms with Gasteiger partial charge in [-0.3, -0.25) is 19.1 Å². The first-order valence-electron chi connectivity index (χ1n) is 11.2. The molecule has 4 N–H and O–H groups in total. The molecule has 3 aromatic rings. The maximum atomic E-state index is 12.5. The van der Waals surface area contributed by atoms with Gasteiger partial charge in [0.05, 0.1) is 16.9 Å². The van der Waals surface area contributed by atoms with Crippen LogP contribution in [0, 0.1) is 6.92 Å². The zero-order chi connectivity index (χ0) is 29.4. The average Bonchev–Trinajstić information content (AvgIpc) is 3.34. The number of methoxy groups -OCH3 is 1. The number of aryl methyl sites for hydroxylation is 1. The lowest BCUT2D eigenvalue weighted by Gasteiger charge is -2.28. The minimum atomic E-state index is -3.90. The van der Waals surface area contributed by atoms with Gasteiger partial charge in [-0.05, 0) is 31.2 Å². The van der Waals surface area contributed by atoms with Crippen molar-refractivity contribution in [3.05, 3.63) is 82.1 Å². The van der Waals surface area contributed by atoms with E-state index in [1.165, 1.54) is 48.7 Å². The first-order chi connectivity index (χ1) is 18.8. The number of benzene rings is 2. The van der Waals surface area contributed by atoms with E-state index in [-0.39, 0.29) is 32.4 Å². The van der Waals surface area contributed by atoms with Crippen molar-refractivity contribution >= 4 is 59.9 Å². The summed E-state index contributed by atoms with van der Waals surface area (Å²) < 4.78 is 55.7. The van der Waals surface area contributed by atoms with Gasteiger partial charge in [-0.2, -0.15) is 0 Å². The molecule has 0 atom stereocenters. The topological polar surface area (TPSA) is 192 Å². The van der Waals surface area contributed by atoms with E-state index in [0.717, 1.165) is 16.3 Å². The molecule has 3 heterocycles. The molecule has 0 bridgehead atoms. The van der Waals surface area contributed by atoms with Gasteiger partial charge >= 0.3 is 5.97 Å². The summed E-state index contributed by atoms with van der Waals surface area (Å²) in [5, 5.41) is 23.0. The van der Waals surface area contributed by atoms with Crippen LogP contribution in [0.15, 0.2) is 75.9 Å². The van der Waals surface area contributed by atoms with E-state index < -0.39 is 43.4 Å². The Morgan fingerprint density at radius 3 is 2.12 bits per heavy atom. The molecule has 0 saturated carbocycles. The molecule has 1 aromatic heterocycles. The molecule has 0 unspecified atom stereocenters. The standard InChI is InChI=1S/C14H13N3O4S2.C10H9NO5S/c1-8-7-15-14(22-8)16-13(19)11-12(18)9-5-3-4-6-10(9)23(20,21)17(11)2;1-16-10(13)8-9(12)6-4-2-3-5-7(6)17(14,15)11-8/h3-7,18H,1-2H3,(H,15,16,19);2-5,11-12H,1H3. The van der Waals surface area contributed by atoms with Gasteiger partial charge in [0.2, 0.25) is 0 Å². The molecule has 0 spiro atoms. The molecule has 5 rings (SSSR count). The van der Waals surface area contributed by atoms with Crippen LogP contribution in [0.2, 0.25) is 0 Å². The number of fused-ring (bicyclic) bond motifs is 2. The van der Waals surface area contributed by atoms with Crippen molar-refractivity contribution < 1.29 is 41.4 Å². The summed E-state index contributed by atoms with van der Waals surface area (Å²) in [4.78, 5) is 28.5. The van der Waals surface area contributed by atoms with Crippen LogP contribution in [0.3, 0.4) is 0 Å². The lowest BCUT2D eigenvalue weighted by Crippen LogP contribution is -2.37. The van der Waals surface area contributed by atoms with E-state index in [9.17, 15) is 36.6 Å². The van der Waals surface area contributed by atoms with E-state index in [1.807, 2.05) is 11.6 Å². The number of carbonyl (C=O) groups is 2. The van der Waals surface area contributed by atoms with Crippen molar-refractivity contribution in [1.29, 1.82) is 0 Å². The molecule has 2 aliphatic heterocycles. The zero-order valence-corrected chi connectivity index (χ0v) is 23.5. The summed E-state index contributed by atoms with van der Waals surface area (Å²) in [7, 11) is -5.42. The number of aliphatic hydroxyl groups is 2. The predicted octanol–water partition coefficient (Wildman–Crippen LogP) is 2.33. The van der Waals surface area contributed by atoms with E-state index >= 15 is 0 Å². The van der Waals surface area contributed by atoms with Crippen molar-refractivity contribution in [1.82, 2.24) is 14.0 Å². The molecular formula is C24H22N4O9S3. The molecule has 0 radical (unpaired) electrons. The van der Waals surface area contributed by atoms with E-state index in [1.54, 1.807) is 24.4 Å². The highest BCUT2D eigenvalue weighted by Crippen LogP contribution is 2.35. The van der Waals surface area contributed by atoms with Crippen LogP contribution in [-0.4, -0.2) is 62.4 Å². The van der Waals surface area contributed by atoms with Crippen molar-refractivity contribution in [2.24, 2.45) is 0 Å². The third-order valence-corrected chi connectivity index (χ3v) is 9.72. The van der Waals surface area contributed by atoms with Gasteiger partial charge in [0.25, 0.3) is 26.0 Å². The number of likely N-dealkylation sites (N-methyl/N-ethyl adjacent to an activating group) is 1. The maximum absolute atomic E-state index is 12.5. The smallest absolute Gasteiger partial charge is 0.359 e. The fourth-order valence-corrected chi connectivity index (χ4v) is 7.09. The number of sulfonamides is 2. The Balaban J connectivity index is 0.000000194. The Bertz CT molecular complexity index is 1810. The monoisotopic (exact) mass is 606 g/mol. The minimum absolute atomic E-state index is 0.0401. The number of ether oxygens (including phenoxy) is 1. The molecule has 13 nitrogen and oxygen atoms in total. The first kappa shape index (κ1) is 28.6. The fourth-order valence-electron chi connectivity index (χ4n) is 3.76.